The molecule has 0 aliphatic carbocycles. The fourth-order valence-electron chi connectivity index (χ4n) is 3.12. The first-order chi connectivity index (χ1) is 11.1. The average Bonchev–Trinajstić information content (AvgIpc) is 2.58. The van der Waals surface area contributed by atoms with Gasteiger partial charge < -0.3 is 4.90 Å². The van der Waals surface area contributed by atoms with Crippen LogP contribution in [0.5, 0.6) is 0 Å². The molecule has 1 saturated heterocycles. The Morgan fingerprint density at radius 2 is 1.74 bits per heavy atom. The van der Waals surface area contributed by atoms with Crippen molar-refractivity contribution < 1.29 is 13.6 Å². The van der Waals surface area contributed by atoms with Crippen LogP contribution in [0.25, 0.3) is 0 Å². The molecule has 1 heterocycles. The van der Waals surface area contributed by atoms with E-state index in [9.17, 15) is 13.6 Å². The predicted octanol–water partition coefficient (Wildman–Crippen LogP) is 4.06. The molecule has 2 nitrogen and oxygen atoms in total. The van der Waals surface area contributed by atoms with Crippen molar-refractivity contribution >= 4 is 5.91 Å². The molecule has 0 saturated carbocycles. The van der Waals surface area contributed by atoms with Crippen LogP contribution in [-0.4, -0.2) is 23.9 Å². The third kappa shape index (κ3) is 3.76. The van der Waals surface area contributed by atoms with E-state index < -0.39 is 17.5 Å². The Balaban J connectivity index is 1.60. The van der Waals surface area contributed by atoms with Crippen molar-refractivity contribution in [3.63, 3.8) is 0 Å². The van der Waals surface area contributed by atoms with E-state index in [4.69, 9.17) is 0 Å². The van der Waals surface area contributed by atoms with Crippen molar-refractivity contribution in [3.05, 3.63) is 71.3 Å². The molecule has 0 radical (unpaired) electrons. The number of carbonyl (C=O) groups is 1. The maximum Gasteiger partial charge on any atom is 0.256 e. The van der Waals surface area contributed by atoms with Gasteiger partial charge in [0.2, 0.25) is 0 Å². The predicted molar refractivity (Wildman–Crippen MR) is 85.1 cm³/mol. The molecule has 120 valence electrons. The molecule has 0 spiro atoms. The van der Waals surface area contributed by atoms with Crippen LogP contribution in [0.3, 0.4) is 0 Å². The highest BCUT2D eigenvalue weighted by atomic mass is 19.1. The summed E-state index contributed by atoms with van der Waals surface area (Å²) >= 11 is 0. The van der Waals surface area contributed by atoms with Crippen molar-refractivity contribution in [2.75, 3.05) is 13.1 Å². The van der Waals surface area contributed by atoms with Gasteiger partial charge in [-0.05, 0) is 48.9 Å². The van der Waals surface area contributed by atoms with Crippen molar-refractivity contribution in [2.24, 2.45) is 5.92 Å². The van der Waals surface area contributed by atoms with Gasteiger partial charge in [-0.1, -0.05) is 30.3 Å². The van der Waals surface area contributed by atoms with Gasteiger partial charge in [0.25, 0.3) is 5.91 Å². The minimum absolute atomic E-state index is 0.175. The minimum atomic E-state index is -0.664. The second kappa shape index (κ2) is 6.90. The van der Waals surface area contributed by atoms with E-state index in [0.717, 1.165) is 37.5 Å². The third-order valence-corrected chi connectivity index (χ3v) is 4.43. The monoisotopic (exact) mass is 315 g/mol. The molecule has 0 N–H and O–H groups in total. The van der Waals surface area contributed by atoms with Gasteiger partial charge in [-0.3, -0.25) is 4.79 Å². The highest BCUT2D eigenvalue weighted by Gasteiger charge is 2.25. The molecular weight excluding hydrogens is 296 g/mol. The fourth-order valence-corrected chi connectivity index (χ4v) is 3.12. The standard InChI is InChI=1S/C19H19F2NO/c20-16-6-7-18(21)17(13-16)19(23)22-10-8-15(9-11-22)12-14-4-2-1-3-5-14/h1-7,13,15H,8-12H2. The van der Waals surface area contributed by atoms with Gasteiger partial charge in [0.05, 0.1) is 5.56 Å². The summed E-state index contributed by atoms with van der Waals surface area (Å²) in [5.74, 6) is -1.14. The van der Waals surface area contributed by atoms with E-state index in [1.807, 2.05) is 18.2 Å². The number of rotatable bonds is 3. The molecule has 0 atom stereocenters. The number of hydrogen-bond donors (Lipinski definition) is 0. The first-order valence-corrected chi connectivity index (χ1v) is 7.92. The largest absolute Gasteiger partial charge is 0.339 e. The zero-order valence-electron chi connectivity index (χ0n) is 12.8. The Labute approximate surface area is 134 Å². The normalized spacial score (nSPS) is 15.7. The molecular formula is C19H19F2NO. The Kier molecular flexibility index (Phi) is 4.70. The first-order valence-electron chi connectivity index (χ1n) is 7.92. The summed E-state index contributed by atoms with van der Waals surface area (Å²) in [4.78, 5) is 14.0. The lowest BCUT2D eigenvalue weighted by molar-refractivity contribution is 0.0685. The third-order valence-electron chi connectivity index (χ3n) is 4.43. The molecule has 0 aromatic heterocycles. The summed E-state index contributed by atoms with van der Waals surface area (Å²) in [5.41, 5.74) is 1.12. The number of carbonyl (C=O) groups excluding carboxylic acids is 1. The van der Waals surface area contributed by atoms with Crippen molar-refractivity contribution in [1.82, 2.24) is 4.90 Å². The van der Waals surface area contributed by atoms with E-state index in [0.29, 0.717) is 19.0 Å². The molecule has 1 fully saturated rings. The SMILES string of the molecule is O=C(c1cc(F)ccc1F)N1CCC(Cc2ccccc2)CC1. The van der Waals surface area contributed by atoms with E-state index in [1.165, 1.54) is 5.56 Å². The highest BCUT2D eigenvalue weighted by molar-refractivity contribution is 5.94. The molecule has 1 amide bonds. The average molecular weight is 315 g/mol. The molecule has 2 aromatic rings. The number of halogens is 2. The summed E-state index contributed by atoms with van der Waals surface area (Å²) in [6.45, 7) is 1.18. The first kappa shape index (κ1) is 15.7. The molecule has 0 unspecified atom stereocenters. The minimum Gasteiger partial charge on any atom is -0.339 e. The van der Waals surface area contributed by atoms with E-state index in [-0.39, 0.29) is 5.56 Å². The topological polar surface area (TPSA) is 20.3 Å². The number of likely N-dealkylation sites (tertiary alicyclic amines) is 1. The summed E-state index contributed by atoms with van der Waals surface area (Å²) in [6.07, 6.45) is 2.77. The Bertz CT molecular complexity index is 679. The van der Waals surface area contributed by atoms with Crippen molar-refractivity contribution in [3.8, 4) is 0 Å². The van der Waals surface area contributed by atoms with Gasteiger partial charge in [0, 0.05) is 13.1 Å². The molecule has 0 bridgehead atoms. The number of nitrogens with zero attached hydrogens (tertiary/aromatic N) is 1. The van der Waals surface area contributed by atoms with Gasteiger partial charge >= 0.3 is 0 Å². The van der Waals surface area contributed by atoms with Crippen molar-refractivity contribution in [2.45, 2.75) is 19.3 Å². The van der Waals surface area contributed by atoms with Crippen LogP contribution >= 0.6 is 0 Å². The number of piperidine rings is 1. The van der Waals surface area contributed by atoms with Crippen molar-refractivity contribution in [1.29, 1.82) is 0 Å². The summed E-state index contributed by atoms with van der Waals surface area (Å²) < 4.78 is 27.0. The Hall–Kier alpha value is -2.23. The lowest BCUT2D eigenvalue weighted by Crippen LogP contribution is -2.39. The van der Waals surface area contributed by atoms with Crippen LogP contribution in [0, 0.1) is 17.6 Å². The Morgan fingerprint density at radius 3 is 2.43 bits per heavy atom. The molecule has 2 aromatic carbocycles. The highest BCUT2D eigenvalue weighted by Crippen LogP contribution is 2.23. The van der Waals surface area contributed by atoms with E-state index >= 15 is 0 Å². The quantitative estimate of drug-likeness (QED) is 0.836. The van der Waals surface area contributed by atoms with Gasteiger partial charge in [-0.2, -0.15) is 0 Å². The van der Waals surface area contributed by atoms with E-state index in [1.54, 1.807) is 4.90 Å². The van der Waals surface area contributed by atoms with Crippen LogP contribution in [0.15, 0.2) is 48.5 Å². The maximum absolute atomic E-state index is 13.7. The molecule has 4 heteroatoms. The van der Waals surface area contributed by atoms with Crippen LogP contribution in [0.1, 0.15) is 28.8 Å². The molecule has 1 aliphatic rings. The molecule has 3 rings (SSSR count). The lowest BCUT2D eigenvalue weighted by Gasteiger charge is -2.32. The van der Waals surface area contributed by atoms with Crippen LogP contribution < -0.4 is 0 Å². The summed E-state index contributed by atoms with van der Waals surface area (Å²) in [5, 5.41) is 0. The number of amides is 1. The van der Waals surface area contributed by atoms with Gasteiger partial charge in [0.1, 0.15) is 11.6 Å². The molecule has 23 heavy (non-hydrogen) atoms. The fraction of sp³-hybridized carbons (Fsp3) is 0.316. The van der Waals surface area contributed by atoms with Gasteiger partial charge in [-0.15, -0.1) is 0 Å². The van der Waals surface area contributed by atoms with Crippen LogP contribution in [0.2, 0.25) is 0 Å². The zero-order valence-corrected chi connectivity index (χ0v) is 12.8. The smallest absolute Gasteiger partial charge is 0.256 e. The second-order valence-electron chi connectivity index (χ2n) is 6.05. The number of benzene rings is 2. The van der Waals surface area contributed by atoms with Gasteiger partial charge in [0.15, 0.2) is 0 Å². The number of hydrogen-bond acceptors (Lipinski definition) is 1. The maximum atomic E-state index is 13.7. The summed E-state index contributed by atoms with van der Waals surface area (Å²) in [6, 6.07) is 13.3. The van der Waals surface area contributed by atoms with Crippen LogP contribution in [0.4, 0.5) is 8.78 Å². The zero-order chi connectivity index (χ0) is 16.2. The Morgan fingerprint density at radius 1 is 1.04 bits per heavy atom. The summed E-state index contributed by atoms with van der Waals surface area (Å²) in [7, 11) is 0. The molecule has 1 aliphatic heterocycles. The van der Waals surface area contributed by atoms with Gasteiger partial charge in [-0.25, -0.2) is 8.78 Å². The second-order valence-corrected chi connectivity index (χ2v) is 6.05. The van der Waals surface area contributed by atoms with E-state index in [2.05, 4.69) is 12.1 Å². The van der Waals surface area contributed by atoms with Crippen LogP contribution in [-0.2, 0) is 6.42 Å². The lowest BCUT2D eigenvalue weighted by atomic mass is 9.90.